The average molecular weight is 638 g/mol. The molecule has 0 radical (unpaired) electrons. The van der Waals surface area contributed by atoms with Crippen molar-refractivity contribution in [2.24, 2.45) is 5.92 Å². The van der Waals surface area contributed by atoms with Crippen LogP contribution < -0.4 is 15.4 Å². The molecule has 2 unspecified atom stereocenters. The Kier molecular flexibility index (Phi) is 9.84. The zero-order valence-corrected chi connectivity index (χ0v) is 26.4. The Morgan fingerprint density at radius 1 is 1.11 bits per heavy atom. The van der Waals surface area contributed by atoms with E-state index in [9.17, 15) is 24.0 Å². The van der Waals surface area contributed by atoms with Gasteiger partial charge < -0.3 is 15.4 Å². The fourth-order valence-electron chi connectivity index (χ4n) is 5.32. The molecule has 13 heteroatoms. The number of thiazole rings is 1. The number of thioether (sulfide) groups is 1. The molecule has 0 spiro atoms. The van der Waals surface area contributed by atoms with Crippen molar-refractivity contribution >= 4 is 62.7 Å². The number of fused-ring (bicyclic) bond motifs is 2. The summed E-state index contributed by atoms with van der Waals surface area (Å²) in [5.41, 5.74) is 1.11. The lowest BCUT2D eigenvalue weighted by Crippen LogP contribution is -2.64. The first-order valence-corrected chi connectivity index (χ1v) is 16.3. The smallest absolute Gasteiger partial charge is 0.264 e. The molecule has 2 N–H and O–H groups in total. The van der Waals surface area contributed by atoms with Crippen LogP contribution in [0.15, 0.2) is 52.9 Å². The molecule has 4 amide bonds. The highest BCUT2D eigenvalue weighted by Gasteiger charge is 2.45. The fraction of sp³-hybridized carbons (Fsp3) is 0.419. The van der Waals surface area contributed by atoms with Gasteiger partial charge in [-0.25, -0.2) is 9.99 Å². The van der Waals surface area contributed by atoms with Crippen molar-refractivity contribution in [2.45, 2.75) is 67.7 Å². The van der Waals surface area contributed by atoms with Crippen molar-refractivity contribution in [1.82, 2.24) is 25.6 Å². The summed E-state index contributed by atoms with van der Waals surface area (Å²) in [6.45, 7) is 4.14. The second-order valence-corrected chi connectivity index (χ2v) is 13.6. The third-order valence-corrected chi connectivity index (χ3v) is 9.75. The summed E-state index contributed by atoms with van der Waals surface area (Å²) in [6.07, 6.45) is 1.18. The molecule has 2 saturated heterocycles. The topological polar surface area (TPSA) is 138 Å². The fourth-order valence-corrected chi connectivity index (χ4v) is 7.53. The van der Waals surface area contributed by atoms with E-state index < -0.39 is 35.2 Å². The molecule has 2 aromatic carbocycles. The van der Waals surface area contributed by atoms with E-state index in [2.05, 4.69) is 15.6 Å². The molecule has 0 bridgehead atoms. The van der Waals surface area contributed by atoms with Gasteiger partial charge in [0.15, 0.2) is 10.1 Å². The molecule has 3 aromatic rings. The van der Waals surface area contributed by atoms with Crippen molar-refractivity contribution in [2.75, 3.05) is 13.7 Å². The number of Topliss-reactive ketones (excluding diaryl/α,β-unsaturated/α-hetero) is 1. The van der Waals surface area contributed by atoms with Crippen LogP contribution in [-0.4, -0.2) is 75.5 Å². The maximum absolute atomic E-state index is 13.9. The van der Waals surface area contributed by atoms with E-state index in [1.165, 1.54) is 40.2 Å². The number of nitrogens with zero attached hydrogens (tertiary/aromatic N) is 3. The van der Waals surface area contributed by atoms with E-state index in [1.807, 2.05) is 38.1 Å². The normalized spacial score (nSPS) is 19.4. The number of carbonyl (C=O) groups is 5. The zero-order valence-electron chi connectivity index (χ0n) is 24.8. The largest absolute Gasteiger partial charge is 0.497 e. The van der Waals surface area contributed by atoms with E-state index in [0.717, 1.165) is 10.2 Å². The van der Waals surface area contributed by atoms with Gasteiger partial charge in [-0.15, -0.1) is 11.3 Å². The number of hydrazine groups is 1. The number of benzene rings is 2. The van der Waals surface area contributed by atoms with Crippen LogP contribution in [0.2, 0.25) is 0 Å². The van der Waals surface area contributed by atoms with Gasteiger partial charge in [-0.3, -0.25) is 29.0 Å². The minimum atomic E-state index is -1.03. The Labute approximate surface area is 263 Å². The number of para-hydroxylation sites is 1. The molecule has 0 saturated carbocycles. The summed E-state index contributed by atoms with van der Waals surface area (Å²) in [5, 5.41) is 7.21. The van der Waals surface area contributed by atoms with Crippen molar-refractivity contribution in [3.63, 3.8) is 0 Å². The summed E-state index contributed by atoms with van der Waals surface area (Å²) in [4.78, 5) is 72.0. The first-order valence-electron chi connectivity index (χ1n) is 14.6. The lowest BCUT2D eigenvalue weighted by atomic mass is 10.0. The molecule has 2 aliphatic rings. The van der Waals surface area contributed by atoms with Crippen LogP contribution >= 0.6 is 23.1 Å². The maximum atomic E-state index is 13.9. The Hall–Kier alpha value is -3.97. The first kappa shape index (κ1) is 31.5. The molecular formula is C31H35N5O6S2. The lowest BCUT2D eigenvalue weighted by molar-refractivity contribution is -0.176. The Morgan fingerprint density at radius 2 is 1.91 bits per heavy atom. The van der Waals surface area contributed by atoms with Gasteiger partial charge in [-0.2, -0.15) is 0 Å². The SMILES string of the molecule is COc1cccc(C(=O)NC2CCC(=O)N3CCC[C@@H](C(=O)NC(Sc4nc5ccccc5s4)C(=O)CC(C)C)N3C2=O)c1. The Morgan fingerprint density at radius 3 is 2.66 bits per heavy atom. The van der Waals surface area contributed by atoms with E-state index in [0.29, 0.717) is 28.5 Å². The number of hydrogen-bond acceptors (Lipinski definition) is 9. The number of ether oxygens (including phenoxy) is 1. The van der Waals surface area contributed by atoms with E-state index >= 15 is 0 Å². The molecule has 11 nitrogen and oxygen atoms in total. The number of ketones is 1. The molecule has 1 aromatic heterocycles. The number of carbonyl (C=O) groups excluding carboxylic acids is 5. The predicted octanol–water partition coefficient (Wildman–Crippen LogP) is 3.78. The first-order chi connectivity index (χ1) is 21.1. The molecular weight excluding hydrogens is 603 g/mol. The Balaban J connectivity index is 1.36. The predicted molar refractivity (Wildman–Crippen MR) is 167 cm³/mol. The quantitative estimate of drug-likeness (QED) is 0.253. The van der Waals surface area contributed by atoms with Crippen LogP contribution in [0, 0.1) is 5.92 Å². The number of methoxy groups -OCH3 is 1. The van der Waals surface area contributed by atoms with E-state index in [-0.39, 0.29) is 43.4 Å². The van der Waals surface area contributed by atoms with Gasteiger partial charge in [-0.1, -0.05) is 43.8 Å². The van der Waals surface area contributed by atoms with Crippen LogP contribution in [-0.2, 0) is 19.2 Å². The van der Waals surface area contributed by atoms with Crippen molar-refractivity contribution in [3.05, 3.63) is 54.1 Å². The molecule has 0 aliphatic carbocycles. The van der Waals surface area contributed by atoms with Gasteiger partial charge in [0.1, 0.15) is 23.2 Å². The van der Waals surface area contributed by atoms with Crippen molar-refractivity contribution in [1.29, 1.82) is 0 Å². The molecule has 2 aliphatic heterocycles. The molecule has 3 heterocycles. The van der Waals surface area contributed by atoms with Crippen LogP contribution in [0.3, 0.4) is 0 Å². The molecule has 2 fully saturated rings. The number of aromatic nitrogens is 1. The molecule has 3 atom stereocenters. The Bertz CT molecular complexity index is 1540. The highest BCUT2D eigenvalue weighted by Crippen LogP contribution is 2.33. The van der Waals surface area contributed by atoms with Gasteiger partial charge in [0, 0.05) is 24.9 Å². The highest BCUT2D eigenvalue weighted by molar-refractivity contribution is 8.02. The highest BCUT2D eigenvalue weighted by atomic mass is 32.2. The van der Waals surface area contributed by atoms with Crippen molar-refractivity contribution < 1.29 is 28.7 Å². The maximum Gasteiger partial charge on any atom is 0.264 e. The average Bonchev–Trinajstić information content (AvgIpc) is 3.39. The van der Waals surface area contributed by atoms with Gasteiger partial charge in [-0.05, 0) is 55.5 Å². The van der Waals surface area contributed by atoms with Gasteiger partial charge >= 0.3 is 0 Å². The van der Waals surface area contributed by atoms with Gasteiger partial charge in [0.2, 0.25) is 11.8 Å². The molecule has 44 heavy (non-hydrogen) atoms. The number of rotatable bonds is 10. The number of nitrogens with one attached hydrogen (secondary N) is 2. The molecule has 232 valence electrons. The lowest BCUT2D eigenvalue weighted by Gasteiger charge is -2.43. The van der Waals surface area contributed by atoms with Crippen LogP contribution in [0.1, 0.15) is 56.3 Å². The summed E-state index contributed by atoms with van der Waals surface area (Å²) in [5.74, 6) is -1.47. The monoisotopic (exact) mass is 637 g/mol. The summed E-state index contributed by atoms with van der Waals surface area (Å²) in [7, 11) is 1.49. The van der Waals surface area contributed by atoms with Gasteiger partial charge in [0.05, 0.1) is 17.3 Å². The zero-order chi connectivity index (χ0) is 31.4. The van der Waals surface area contributed by atoms with Gasteiger partial charge in [0.25, 0.3) is 11.8 Å². The summed E-state index contributed by atoms with van der Waals surface area (Å²) >= 11 is 2.61. The van der Waals surface area contributed by atoms with E-state index in [4.69, 9.17) is 4.74 Å². The third-order valence-electron chi connectivity index (χ3n) is 7.47. The second-order valence-electron chi connectivity index (χ2n) is 11.2. The molecule has 5 rings (SSSR count). The number of amides is 4. The van der Waals surface area contributed by atoms with E-state index in [1.54, 1.807) is 24.3 Å². The standard InChI is InChI=1S/C31H35N5O6S2/c1-18(2)16-24(37)29(44-31-33-21-10-4-5-12-25(21)43-31)34-28(40)23-11-7-15-35-26(38)14-13-22(30(41)36(23)35)32-27(39)19-8-6-9-20(17-19)42-3/h4-6,8-10,12,17-18,22-23,29H,7,11,13-16H2,1-3H3,(H,32,39)(H,34,40)/t22?,23-,29?/m0/s1. The second kappa shape index (κ2) is 13.8. The minimum absolute atomic E-state index is 0.0304. The van der Waals surface area contributed by atoms with Crippen LogP contribution in [0.4, 0.5) is 0 Å². The number of hydrogen-bond donors (Lipinski definition) is 2. The minimum Gasteiger partial charge on any atom is -0.497 e. The van der Waals surface area contributed by atoms with Crippen LogP contribution in [0.5, 0.6) is 5.75 Å². The van der Waals surface area contributed by atoms with Crippen LogP contribution in [0.25, 0.3) is 10.2 Å². The third kappa shape index (κ3) is 7.05. The summed E-state index contributed by atoms with van der Waals surface area (Å²) in [6, 6.07) is 12.1. The summed E-state index contributed by atoms with van der Waals surface area (Å²) < 4.78 is 6.81. The van der Waals surface area contributed by atoms with Crippen molar-refractivity contribution in [3.8, 4) is 5.75 Å².